The van der Waals surface area contributed by atoms with Crippen molar-refractivity contribution in [2.45, 2.75) is 37.0 Å². The molecule has 2 aromatic heterocycles. The van der Waals surface area contributed by atoms with Crippen LogP contribution in [0.1, 0.15) is 42.5 Å². The molecule has 1 saturated carbocycles. The van der Waals surface area contributed by atoms with Crippen LogP contribution in [0.5, 0.6) is 17.6 Å². The van der Waals surface area contributed by atoms with Gasteiger partial charge in [-0.2, -0.15) is 4.98 Å². The van der Waals surface area contributed by atoms with Crippen molar-refractivity contribution in [3.05, 3.63) is 54.4 Å². The Bertz CT molecular complexity index is 1760. The quantitative estimate of drug-likeness (QED) is 0.237. The third kappa shape index (κ3) is 6.78. The number of hydrogen-bond acceptors (Lipinski definition) is 11. The molecular weight excluding hydrogens is 574 g/mol. The molecule has 0 amide bonds. The second-order valence-corrected chi connectivity index (χ2v) is 11.8. The van der Waals surface area contributed by atoms with Gasteiger partial charge in [-0.05, 0) is 42.5 Å². The standard InChI is InChI=1S/C30H33N5O7S/c1-39-28-24(15-33-30(35-28)41-3)19-9-10-23-25(13-19)32-16-26(43(31,37)38)27(23)34-21-11-20(29(36)40-2)12-22(14-21)42-17-18-7-5-4-6-8-18/h9-16,18H,4-8,17H2,1-3H3,(H,32,34)(H2,31,37,38). The lowest BCUT2D eigenvalue weighted by molar-refractivity contribution is 0.0600. The van der Waals surface area contributed by atoms with E-state index in [0.29, 0.717) is 51.9 Å². The summed E-state index contributed by atoms with van der Waals surface area (Å²) >= 11 is 0. The Balaban J connectivity index is 1.56. The number of esters is 1. The highest BCUT2D eigenvalue weighted by molar-refractivity contribution is 7.89. The molecule has 2 aromatic carbocycles. The number of rotatable bonds is 10. The maximum Gasteiger partial charge on any atom is 0.338 e. The van der Waals surface area contributed by atoms with Crippen molar-refractivity contribution in [3.63, 3.8) is 0 Å². The first-order valence-corrected chi connectivity index (χ1v) is 15.3. The predicted molar refractivity (Wildman–Crippen MR) is 160 cm³/mol. The molecule has 13 heteroatoms. The lowest BCUT2D eigenvalue weighted by Crippen LogP contribution is -2.16. The van der Waals surface area contributed by atoms with E-state index in [2.05, 4.69) is 20.3 Å². The molecule has 0 saturated heterocycles. The van der Waals surface area contributed by atoms with Gasteiger partial charge in [-0.1, -0.05) is 31.4 Å². The normalized spacial score (nSPS) is 13.9. The third-order valence-electron chi connectivity index (χ3n) is 7.37. The van der Waals surface area contributed by atoms with Crippen LogP contribution < -0.4 is 24.7 Å². The number of benzene rings is 2. The van der Waals surface area contributed by atoms with Crippen molar-refractivity contribution >= 4 is 38.3 Å². The van der Waals surface area contributed by atoms with Crippen LogP contribution in [0, 0.1) is 5.92 Å². The van der Waals surface area contributed by atoms with Gasteiger partial charge in [-0.25, -0.2) is 23.3 Å². The molecular formula is C30H33N5O7S. The van der Waals surface area contributed by atoms with E-state index in [4.69, 9.17) is 24.1 Å². The lowest BCUT2D eigenvalue weighted by atomic mass is 9.90. The highest BCUT2D eigenvalue weighted by Crippen LogP contribution is 2.37. The van der Waals surface area contributed by atoms with E-state index in [-0.39, 0.29) is 22.2 Å². The molecule has 0 spiro atoms. The molecule has 226 valence electrons. The smallest absolute Gasteiger partial charge is 0.338 e. The first-order chi connectivity index (χ1) is 20.7. The molecule has 3 N–H and O–H groups in total. The Labute approximate surface area is 249 Å². The number of nitrogens with zero attached hydrogens (tertiary/aromatic N) is 3. The van der Waals surface area contributed by atoms with Gasteiger partial charge in [0.2, 0.25) is 15.9 Å². The molecule has 4 aromatic rings. The van der Waals surface area contributed by atoms with Crippen LogP contribution in [0.15, 0.2) is 53.7 Å². The monoisotopic (exact) mass is 607 g/mol. The molecule has 0 aliphatic heterocycles. The summed E-state index contributed by atoms with van der Waals surface area (Å²) < 4.78 is 46.9. The largest absolute Gasteiger partial charge is 0.493 e. The Morgan fingerprint density at radius 2 is 1.79 bits per heavy atom. The molecule has 5 rings (SSSR count). The SMILES string of the molecule is COC(=O)c1cc(Nc2c(S(N)(=O)=O)cnc3cc(-c4cnc(OC)nc4OC)ccc23)cc(OCC2CCCCC2)c1. The molecule has 1 fully saturated rings. The molecule has 1 aliphatic rings. The maximum atomic E-state index is 12.6. The summed E-state index contributed by atoms with van der Waals surface area (Å²) in [6.07, 6.45) is 8.53. The number of methoxy groups -OCH3 is 3. The second kappa shape index (κ2) is 12.8. The predicted octanol–water partition coefficient (Wildman–Crippen LogP) is 4.85. The van der Waals surface area contributed by atoms with Crippen molar-refractivity contribution in [2.24, 2.45) is 11.1 Å². The lowest BCUT2D eigenvalue weighted by Gasteiger charge is -2.22. The molecule has 12 nitrogen and oxygen atoms in total. The number of nitrogens with two attached hydrogens (primary N) is 1. The van der Waals surface area contributed by atoms with E-state index in [0.717, 1.165) is 12.8 Å². The minimum absolute atomic E-state index is 0.153. The number of anilines is 2. The van der Waals surface area contributed by atoms with Crippen LogP contribution in [0.4, 0.5) is 11.4 Å². The van der Waals surface area contributed by atoms with Crippen molar-refractivity contribution in [1.29, 1.82) is 0 Å². The van der Waals surface area contributed by atoms with E-state index in [1.807, 2.05) is 0 Å². The van der Waals surface area contributed by atoms with E-state index >= 15 is 0 Å². The van der Waals surface area contributed by atoms with Crippen LogP contribution in [0.3, 0.4) is 0 Å². The van der Waals surface area contributed by atoms with E-state index < -0.39 is 16.0 Å². The zero-order valence-electron chi connectivity index (χ0n) is 24.1. The maximum absolute atomic E-state index is 12.6. The second-order valence-electron chi connectivity index (χ2n) is 10.2. The third-order valence-corrected chi connectivity index (χ3v) is 8.29. The van der Waals surface area contributed by atoms with Crippen molar-refractivity contribution in [3.8, 4) is 28.8 Å². The van der Waals surface area contributed by atoms with Crippen molar-refractivity contribution < 1.29 is 32.2 Å². The fraction of sp³-hybridized carbons (Fsp3) is 0.333. The Kier molecular flexibility index (Phi) is 8.92. The van der Waals surface area contributed by atoms with E-state index in [9.17, 15) is 13.2 Å². The first kappa shape index (κ1) is 30.0. The molecule has 0 bridgehead atoms. The first-order valence-electron chi connectivity index (χ1n) is 13.7. The van der Waals surface area contributed by atoms with Gasteiger partial charge in [0, 0.05) is 29.5 Å². The summed E-state index contributed by atoms with van der Waals surface area (Å²) in [6, 6.07) is 10.3. The molecule has 1 aliphatic carbocycles. The van der Waals surface area contributed by atoms with Crippen LogP contribution in [-0.2, 0) is 14.8 Å². The number of primary sulfonamides is 1. The average Bonchev–Trinajstić information content (AvgIpc) is 3.02. The minimum atomic E-state index is -4.19. The number of aromatic nitrogens is 3. The number of fused-ring (bicyclic) bond motifs is 1. The minimum Gasteiger partial charge on any atom is -0.493 e. The Hall–Kier alpha value is -4.49. The number of ether oxygens (including phenoxy) is 4. The topological polar surface area (TPSA) is 165 Å². The van der Waals surface area contributed by atoms with Gasteiger partial charge in [-0.15, -0.1) is 0 Å². The molecule has 0 unspecified atom stereocenters. The average molecular weight is 608 g/mol. The number of carbonyl (C=O) groups excluding carboxylic acids is 1. The Morgan fingerprint density at radius 3 is 2.49 bits per heavy atom. The van der Waals surface area contributed by atoms with Gasteiger partial charge in [-0.3, -0.25) is 4.98 Å². The molecule has 0 atom stereocenters. The summed E-state index contributed by atoms with van der Waals surface area (Å²) in [5.74, 6) is 0.637. The van der Waals surface area contributed by atoms with Crippen LogP contribution in [-0.4, -0.2) is 57.3 Å². The fourth-order valence-electron chi connectivity index (χ4n) is 5.19. The van der Waals surface area contributed by atoms with E-state index in [1.54, 1.807) is 42.6 Å². The number of nitrogens with one attached hydrogen (secondary N) is 1. The summed E-state index contributed by atoms with van der Waals surface area (Å²) in [7, 11) is 0.0428. The van der Waals surface area contributed by atoms with Crippen molar-refractivity contribution in [1.82, 2.24) is 15.0 Å². The highest BCUT2D eigenvalue weighted by atomic mass is 32.2. The summed E-state index contributed by atoms with van der Waals surface area (Å²) in [6.45, 7) is 0.520. The van der Waals surface area contributed by atoms with Gasteiger partial charge in [0.15, 0.2) is 0 Å². The number of hydrogen-bond donors (Lipinski definition) is 2. The van der Waals surface area contributed by atoms with Crippen LogP contribution >= 0.6 is 0 Å². The van der Waals surface area contributed by atoms with E-state index in [1.165, 1.54) is 46.8 Å². The zero-order chi connectivity index (χ0) is 30.6. The van der Waals surface area contributed by atoms with Gasteiger partial charge < -0.3 is 24.3 Å². The molecule has 43 heavy (non-hydrogen) atoms. The summed E-state index contributed by atoms with van der Waals surface area (Å²) in [5.41, 5.74) is 2.58. The number of sulfonamides is 1. The van der Waals surface area contributed by atoms with Gasteiger partial charge in [0.1, 0.15) is 10.6 Å². The highest BCUT2D eigenvalue weighted by Gasteiger charge is 2.21. The van der Waals surface area contributed by atoms with Gasteiger partial charge >= 0.3 is 12.0 Å². The van der Waals surface area contributed by atoms with Crippen molar-refractivity contribution in [2.75, 3.05) is 33.3 Å². The zero-order valence-corrected chi connectivity index (χ0v) is 24.9. The number of carbonyl (C=O) groups is 1. The fourth-order valence-corrected chi connectivity index (χ4v) is 5.84. The van der Waals surface area contributed by atoms with Crippen LogP contribution in [0.2, 0.25) is 0 Å². The van der Waals surface area contributed by atoms with Gasteiger partial charge in [0.05, 0.1) is 50.3 Å². The van der Waals surface area contributed by atoms with Gasteiger partial charge in [0.25, 0.3) is 0 Å². The molecule has 0 radical (unpaired) electrons. The summed E-state index contributed by atoms with van der Waals surface area (Å²) in [4.78, 5) is 25.1. The Morgan fingerprint density at radius 1 is 1.00 bits per heavy atom. The summed E-state index contributed by atoms with van der Waals surface area (Å²) in [5, 5.41) is 9.23. The van der Waals surface area contributed by atoms with Crippen LogP contribution in [0.25, 0.3) is 22.0 Å². The number of pyridine rings is 1. The molecule has 2 heterocycles.